The van der Waals surface area contributed by atoms with Crippen molar-refractivity contribution in [2.24, 2.45) is 11.1 Å². The van der Waals surface area contributed by atoms with Gasteiger partial charge in [0.15, 0.2) is 17.4 Å². The molecule has 3 saturated heterocycles. The first-order valence-corrected chi connectivity index (χ1v) is 13.5. The van der Waals surface area contributed by atoms with Gasteiger partial charge in [0.25, 0.3) is 6.47 Å². The lowest BCUT2D eigenvalue weighted by atomic mass is 9.73. The van der Waals surface area contributed by atoms with Crippen LogP contribution in [-0.2, 0) is 16.1 Å². The molecule has 3 atom stereocenters. The van der Waals surface area contributed by atoms with Gasteiger partial charge in [0.2, 0.25) is 0 Å². The van der Waals surface area contributed by atoms with Crippen LogP contribution in [0.2, 0.25) is 0 Å². The second kappa shape index (κ2) is 11.0. The van der Waals surface area contributed by atoms with Crippen LogP contribution in [0.15, 0.2) is 28.4 Å². The van der Waals surface area contributed by atoms with E-state index < -0.39 is 0 Å². The largest absolute Gasteiger partial charge is 0.486 e. The van der Waals surface area contributed by atoms with Crippen LogP contribution in [0, 0.1) is 5.41 Å². The zero-order valence-electron chi connectivity index (χ0n) is 21.0. The number of hydrogen-bond acceptors (Lipinski definition) is 11. The molecule has 0 aromatic carbocycles. The topological polar surface area (TPSA) is 147 Å². The molecule has 0 unspecified atom stereocenters. The van der Waals surface area contributed by atoms with Crippen LogP contribution in [0.4, 0.5) is 11.6 Å². The summed E-state index contributed by atoms with van der Waals surface area (Å²) in [6, 6.07) is 2.46. The fraction of sp³-hybridized carbons (Fsp3) is 0.600. The number of hydrogen-bond donors (Lipinski definition) is 3. The molecule has 0 bridgehead atoms. The average Bonchev–Trinajstić information content (AvgIpc) is 3.51. The van der Waals surface area contributed by atoms with Gasteiger partial charge in [-0.3, -0.25) is 4.79 Å². The molecule has 200 valence electrons. The van der Waals surface area contributed by atoms with Crippen LogP contribution in [0.25, 0.3) is 0 Å². The van der Waals surface area contributed by atoms with Gasteiger partial charge in [-0.25, -0.2) is 15.0 Å². The predicted octanol–water partition coefficient (Wildman–Crippen LogP) is 1.91. The number of pyridine rings is 1. The molecule has 37 heavy (non-hydrogen) atoms. The smallest absolute Gasteiger partial charge is 0.290 e. The first kappa shape index (κ1) is 26.0. The Morgan fingerprint density at radius 1 is 1.27 bits per heavy atom. The van der Waals surface area contributed by atoms with E-state index in [4.69, 9.17) is 35.1 Å². The van der Waals surface area contributed by atoms with Crippen molar-refractivity contribution in [2.45, 2.75) is 67.3 Å². The van der Waals surface area contributed by atoms with Crippen molar-refractivity contribution in [3.05, 3.63) is 24.2 Å². The van der Waals surface area contributed by atoms with Crippen molar-refractivity contribution in [2.75, 3.05) is 42.6 Å². The molecule has 4 aliphatic rings. The van der Waals surface area contributed by atoms with Crippen LogP contribution < -0.4 is 20.3 Å². The molecule has 6 rings (SSSR count). The van der Waals surface area contributed by atoms with Crippen molar-refractivity contribution in [3.8, 4) is 5.75 Å². The van der Waals surface area contributed by atoms with E-state index in [1.54, 1.807) is 6.20 Å². The lowest BCUT2D eigenvalue weighted by Crippen LogP contribution is -2.51. The van der Waals surface area contributed by atoms with E-state index in [9.17, 15) is 5.11 Å². The summed E-state index contributed by atoms with van der Waals surface area (Å²) in [5.41, 5.74) is 7.12. The van der Waals surface area contributed by atoms with Crippen molar-refractivity contribution in [1.29, 1.82) is 0 Å². The van der Waals surface area contributed by atoms with Crippen LogP contribution in [0.3, 0.4) is 0 Å². The van der Waals surface area contributed by atoms with Gasteiger partial charge in [0.1, 0.15) is 17.3 Å². The summed E-state index contributed by atoms with van der Waals surface area (Å²) in [5, 5.41) is 17.7. The van der Waals surface area contributed by atoms with E-state index in [-0.39, 0.29) is 30.6 Å². The number of rotatable bonds is 4. The first-order valence-electron chi connectivity index (χ1n) is 12.7. The quantitative estimate of drug-likeness (QED) is 0.496. The number of carbonyl (C=O) groups is 1. The molecule has 4 aliphatic heterocycles. The van der Waals surface area contributed by atoms with Crippen LogP contribution in [-0.4, -0.2) is 82.7 Å². The zero-order valence-corrected chi connectivity index (χ0v) is 21.8. The number of ether oxygens (including phenoxy) is 2. The van der Waals surface area contributed by atoms with Gasteiger partial charge in [-0.2, -0.15) is 0 Å². The summed E-state index contributed by atoms with van der Waals surface area (Å²) in [5.74, 6) is 2.51. The number of nitrogens with two attached hydrogens (primary N) is 1. The van der Waals surface area contributed by atoms with Gasteiger partial charge < -0.3 is 35.2 Å². The van der Waals surface area contributed by atoms with E-state index in [1.807, 2.05) is 12.3 Å². The van der Waals surface area contributed by atoms with Gasteiger partial charge in [-0.15, -0.1) is 0 Å². The molecule has 12 heteroatoms. The van der Waals surface area contributed by atoms with Crippen molar-refractivity contribution < 1.29 is 24.5 Å². The number of aromatic nitrogens is 3. The highest BCUT2D eigenvalue weighted by molar-refractivity contribution is 7.99. The minimum Gasteiger partial charge on any atom is -0.486 e. The maximum Gasteiger partial charge on any atom is 0.290 e. The normalized spacial score (nSPS) is 25.6. The summed E-state index contributed by atoms with van der Waals surface area (Å²) in [6.07, 6.45) is 7.98. The Balaban J connectivity index is 0.000000892. The van der Waals surface area contributed by atoms with Crippen molar-refractivity contribution in [1.82, 2.24) is 15.0 Å². The molecular formula is C25H34N6O5S. The molecule has 11 nitrogen and oxygen atoms in total. The minimum atomic E-state index is -0.250. The van der Waals surface area contributed by atoms with E-state index >= 15 is 0 Å². The summed E-state index contributed by atoms with van der Waals surface area (Å²) >= 11 is 1.51. The third-order valence-corrected chi connectivity index (χ3v) is 8.94. The molecule has 3 fully saturated rings. The van der Waals surface area contributed by atoms with E-state index in [0.717, 1.165) is 72.8 Å². The Labute approximate surface area is 220 Å². The zero-order chi connectivity index (χ0) is 26.0. The second-order valence-electron chi connectivity index (χ2n) is 10.00. The number of carboxylic acid groups (broad SMARTS) is 1. The number of anilines is 2. The highest BCUT2D eigenvalue weighted by atomic mass is 32.2. The number of piperidine rings is 1. The SMILES string of the molecule is C[C@@H]1OCC2(CCN(c3ncc(Sc4ccnc5c4OC[C@@H]4CCCN54)nc3CO)CC2)[C@@H]1N.O=CO. The predicted molar refractivity (Wildman–Crippen MR) is 138 cm³/mol. The molecule has 0 radical (unpaired) electrons. The molecule has 6 heterocycles. The van der Waals surface area contributed by atoms with Crippen molar-refractivity contribution in [3.63, 3.8) is 0 Å². The van der Waals surface area contributed by atoms with E-state index in [2.05, 4.69) is 21.7 Å². The second-order valence-corrected chi connectivity index (χ2v) is 11.1. The standard InChI is InChI=1S/C24H32N6O3S.CH2O2/c1-15-21(25)24(14-33-15)5-9-29(10-6-24)22-17(12-31)28-19(11-27-22)34-18-4-7-26-23-20(18)32-13-16-3-2-8-30(16)23;2-1-3/h4,7,11,15-16,21,31H,2-3,5-6,8-10,12-14,25H2,1H3;1H,(H,2,3)/t15-,16-,21+;/m0./s1. The third-order valence-electron chi connectivity index (χ3n) is 7.99. The Hall–Kier alpha value is -2.67. The van der Waals surface area contributed by atoms with Gasteiger partial charge >= 0.3 is 0 Å². The Bertz CT molecular complexity index is 1110. The van der Waals surface area contributed by atoms with Crippen LogP contribution >= 0.6 is 11.8 Å². The molecule has 2 aromatic rings. The molecule has 1 spiro atoms. The Morgan fingerprint density at radius 2 is 2.05 bits per heavy atom. The molecular weight excluding hydrogens is 496 g/mol. The highest BCUT2D eigenvalue weighted by Gasteiger charge is 2.47. The molecule has 4 N–H and O–H groups in total. The number of aliphatic hydroxyl groups is 1. The monoisotopic (exact) mass is 530 g/mol. The number of fused-ring (bicyclic) bond motifs is 3. The molecule has 0 saturated carbocycles. The average molecular weight is 531 g/mol. The van der Waals surface area contributed by atoms with E-state index in [1.165, 1.54) is 18.2 Å². The number of nitrogens with zero attached hydrogens (tertiary/aromatic N) is 5. The summed E-state index contributed by atoms with van der Waals surface area (Å²) < 4.78 is 12.0. The van der Waals surface area contributed by atoms with Gasteiger partial charge in [0, 0.05) is 37.3 Å². The third kappa shape index (κ3) is 4.95. The van der Waals surface area contributed by atoms with Crippen LogP contribution in [0.1, 0.15) is 38.3 Å². The van der Waals surface area contributed by atoms with Gasteiger partial charge in [-0.1, -0.05) is 11.8 Å². The summed E-state index contributed by atoms with van der Waals surface area (Å²) in [4.78, 5) is 28.0. The Morgan fingerprint density at radius 3 is 2.76 bits per heavy atom. The number of aliphatic hydroxyl groups excluding tert-OH is 1. The fourth-order valence-corrected chi connectivity index (χ4v) is 6.74. The minimum absolute atomic E-state index is 0.0489. The highest BCUT2D eigenvalue weighted by Crippen LogP contribution is 2.45. The fourth-order valence-electron chi connectivity index (χ4n) is 5.88. The van der Waals surface area contributed by atoms with Crippen LogP contribution in [0.5, 0.6) is 5.75 Å². The lowest BCUT2D eigenvalue weighted by Gasteiger charge is -2.41. The lowest BCUT2D eigenvalue weighted by molar-refractivity contribution is -0.122. The first-order chi connectivity index (χ1) is 18.0. The molecule has 0 aliphatic carbocycles. The Kier molecular flexibility index (Phi) is 7.70. The maximum absolute atomic E-state index is 10.1. The van der Waals surface area contributed by atoms with E-state index in [0.29, 0.717) is 18.3 Å². The summed E-state index contributed by atoms with van der Waals surface area (Å²) in [6.45, 7) is 5.78. The molecule has 2 aromatic heterocycles. The molecule has 0 amide bonds. The van der Waals surface area contributed by atoms with Crippen molar-refractivity contribution >= 4 is 29.9 Å². The maximum atomic E-state index is 10.1. The van der Waals surface area contributed by atoms with Gasteiger partial charge in [-0.05, 0) is 38.7 Å². The summed E-state index contributed by atoms with van der Waals surface area (Å²) in [7, 11) is 0. The van der Waals surface area contributed by atoms with Gasteiger partial charge in [0.05, 0.1) is 36.5 Å².